The number of aromatic hydroxyl groups is 1. The van der Waals surface area contributed by atoms with Gasteiger partial charge in [-0.2, -0.15) is 9.97 Å². The summed E-state index contributed by atoms with van der Waals surface area (Å²) in [6, 6.07) is 8.34. The molecule has 7 nitrogen and oxygen atoms in total. The predicted octanol–water partition coefficient (Wildman–Crippen LogP) is 5.47. The molecule has 4 atom stereocenters. The SMILES string of the molecule is Oc1cc(-c2cc3nc(OC[C@@]45CCCN4C[C@H](F)C5)nc(N4CC5CCC(C4)N5)c3cc2F)c2c(F)c(F)ccc2c1. The molecule has 5 heterocycles. The molecule has 0 saturated carbocycles. The summed E-state index contributed by atoms with van der Waals surface area (Å²) in [5.74, 6) is -2.55. The molecular formula is C32H31F4N5O2. The van der Waals surface area contributed by atoms with Crippen molar-refractivity contribution >= 4 is 27.5 Å². The number of phenolic OH excluding ortho intramolecular Hbond substituents is 1. The average molecular weight is 594 g/mol. The van der Waals surface area contributed by atoms with Crippen LogP contribution in [0.15, 0.2) is 36.4 Å². The second-order valence-corrected chi connectivity index (χ2v) is 12.5. The Morgan fingerprint density at radius 2 is 1.79 bits per heavy atom. The van der Waals surface area contributed by atoms with E-state index in [9.17, 15) is 13.9 Å². The average Bonchev–Trinajstić information content (AvgIpc) is 3.63. The molecule has 4 fully saturated rings. The van der Waals surface area contributed by atoms with E-state index in [4.69, 9.17) is 9.72 Å². The van der Waals surface area contributed by atoms with E-state index < -0.39 is 29.2 Å². The maximum Gasteiger partial charge on any atom is 0.319 e. The summed E-state index contributed by atoms with van der Waals surface area (Å²) in [6.45, 7) is 2.84. The molecule has 11 heteroatoms. The fourth-order valence-electron chi connectivity index (χ4n) is 7.83. The van der Waals surface area contributed by atoms with E-state index in [1.54, 1.807) is 0 Å². The minimum absolute atomic E-state index is 0.00896. The largest absolute Gasteiger partial charge is 0.508 e. The molecule has 2 unspecified atom stereocenters. The molecule has 0 amide bonds. The Labute approximate surface area is 245 Å². The van der Waals surface area contributed by atoms with Crippen LogP contribution in [0.2, 0.25) is 0 Å². The van der Waals surface area contributed by atoms with E-state index in [-0.39, 0.29) is 40.3 Å². The van der Waals surface area contributed by atoms with Crippen LogP contribution in [0.25, 0.3) is 32.8 Å². The monoisotopic (exact) mass is 593 g/mol. The first kappa shape index (κ1) is 26.9. The van der Waals surface area contributed by atoms with Crippen LogP contribution in [0.1, 0.15) is 32.1 Å². The van der Waals surface area contributed by atoms with E-state index in [1.165, 1.54) is 30.3 Å². The van der Waals surface area contributed by atoms with Crippen molar-refractivity contribution in [3.8, 4) is 22.9 Å². The fraction of sp³-hybridized carbons (Fsp3) is 0.438. The first-order valence-electron chi connectivity index (χ1n) is 14.9. The molecular weight excluding hydrogens is 562 g/mol. The molecule has 8 rings (SSSR count). The van der Waals surface area contributed by atoms with Crippen molar-refractivity contribution in [3.63, 3.8) is 0 Å². The maximum atomic E-state index is 16.0. The quantitative estimate of drug-likeness (QED) is 0.298. The normalized spacial score (nSPS) is 27.0. The Balaban J connectivity index is 1.26. The smallest absolute Gasteiger partial charge is 0.319 e. The number of hydrogen-bond acceptors (Lipinski definition) is 7. The van der Waals surface area contributed by atoms with Crippen molar-refractivity contribution in [2.75, 3.05) is 37.7 Å². The number of rotatable bonds is 5. The van der Waals surface area contributed by atoms with Crippen molar-refractivity contribution in [2.45, 2.75) is 55.9 Å². The van der Waals surface area contributed by atoms with Gasteiger partial charge in [0.2, 0.25) is 0 Å². The Morgan fingerprint density at radius 1 is 0.977 bits per heavy atom. The number of fused-ring (bicyclic) bond motifs is 5. The molecule has 4 saturated heterocycles. The van der Waals surface area contributed by atoms with Gasteiger partial charge in [0.25, 0.3) is 0 Å². The van der Waals surface area contributed by atoms with Crippen LogP contribution >= 0.6 is 0 Å². The summed E-state index contributed by atoms with van der Waals surface area (Å²) in [5.41, 5.74) is -0.0615. The minimum Gasteiger partial charge on any atom is -0.508 e. The van der Waals surface area contributed by atoms with Crippen molar-refractivity contribution in [1.82, 2.24) is 20.2 Å². The number of aromatic nitrogens is 2. The summed E-state index contributed by atoms with van der Waals surface area (Å²) in [7, 11) is 0. The van der Waals surface area contributed by atoms with Crippen molar-refractivity contribution in [3.05, 3.63) is 53.8 Å². The molecule has 4 aliphatic heterocycles. The molecule has 2 bridgehead atoms. The van der Waals surface area contributed by atoms with Crippen molar-refractivity contribution in [1.29, 1.82) is 0 Å². The van der Waals surface area contributed by atoms with Gasteiger partial charge >= 0.3 is 6.01 Å². The number of piperazine rings is 1. The lowest BCUT2D eigenvalue weighted by Gasteiger charge is -2.34. The number of anilines is 1. The maximum absolute atomic E-state index is 16.0. The molecule has 1 aromatic heterocycles. The molecule has 4 aliphatic rings. The van der Waals surface area contributed by atoms with Gasteiger partial charge in [0, 0.05) is 54.5 Å². The topological polar surface area (TPSA) is 73.8 Å². The highest BCUT2D eigenvalue weighted by Gasteiger charge is 2.49. The van der Waals surface area contributed by atoms with Crippen LogP contribution in [0.5, 0.6) is 11.8 Å². The van der Waals surface area contributed by atoms with Crippen LogP contribution in [0.4, 0.5) is 23.4 Å². The Hall–Kier alpha value is -3.70. The summed E-state index contributed by atoms with van der Waals surface area (Å²) >= 11 is 0. The molecule has 3 aromatic carbocycles. The van der Waals surface area contributed by atoms with Crippen LogP contribution in [0, 0.1) is 17.5 Å². The summed E-state index contributed by atoms with van der Waals surface area (Å²) in [6.07, 6.45) is 3.39. The lowest BCUT2D eigenvalue weighted by Crippen LogP contribution is -2.51. The Bertz CT molecular complexity index is 1760. The number of benzene rings is 3. The summed E-state index contributed by atoms with van der Waals surface area (Å²) in [4.78, 5) is 13.7. The van der Waals surface area contributed by atoms with Gasteiger partial charge < -0.3 is 20.1 Å². The predicted molar refractivity (Wildman–Crippen MR) is 155 cm³/mol. The second kappa shape index (κ2) is 9.92. The van der Waals surface area contributed by atoms with Crippen LogP contribution < -0.4 is 15.0 Å². The number of phenols is 1. The Morgan fingerprint density at radius 3 is 2.60 bits per heavy atom. The first-order valence-corrected chi connectivity index (χ1v) is 14.9. The number of alkyl halides is 1. The van der Waals surface area contributed by atoms with Gasteiger partial charge in [0.1, 0.15) is 30.2 Å². The standard InChI is InChI=1S/C32H31F4N5O2/c33-18-12-32(6-1-7-41(32)13-18)16-43-31-38-27-11-22(23-9-21(42)8-17-2-5-25(34)29(36)28(17)23)26(35)10-24(27)30(39-31)40-14-19-3-4-20(15-40)37-19/h2,5,8-11,18-20,37,42H,1,3-4,6-7,12-16H2/t18-,19?,20?,32+/m1/s1. The molecule has 4 aromatic rings. The molecule has 0 aliphatic carbocycles. The summed E-state index contributed by atoms with van der Waals surface area (Å²) < 4.78 is 66.0. The van der Waals surface area contributed by atoms with Gasteiger partial charge in [-0.15, -0.1) is 0 Å². The third kappa shape index (κ3) is 4.47. The van der Waals surface area contributed by atoms with Gasteiger partial charge in [-0.3, -0.25) is 4.90 Å². The Kier molecular flexibility index (Phi) is 6.20. The molecule has 0 spiro atoms. The van der Waals surface area contributed by atoms with Crippen LogP contribution in [-0.4, -0.2) is 76.6 Å². The lowest BCUT2D eigenvalue weighted by atomic mass is 9.95. The molecule has 224 valence electrons. The number of nitrogens with one attached hydrogen (secondary N) is 1. The third-order valence-electron chi connectivity index (χ3n) is 9.77. The van der Waals surface area contributed by atoms with Gasteiger partial charge in [0.05, 0.1) is 11.1 Å². The third-order valence-corrected chi connectivity index (χ3v) is 9.77. The van der Waals surface area contributed by atoms with Crippen LogP contribution in [0.3, 0.4) is 0 Å². The van der Waals surface area contributed by atoms with Crippen LogP contribution in [-0.2, 0) is 0 Å². The number of ether oxygens (including phenoxy) is 1. The minimum atomic E-state index is -1.13. The number of hydrogen-bond donors (Lipinski definition) is 2. The zero-order valence-corrected chi connectivity index (χ0v) is 23.4. The molecule has 2 N–H and O–H groups in total. The van der Waals surface area contributed by atoms with Gasteiger partial charge in [0.15, 0.2) is 11.6 Å². The van der Waals surface area contributed by atoms with E-state index in [0.29, 0.717) is 54.9 Å². The zero-order chi connectivity index (χ0) is 29.5. The molecule has 43 heavy (non-hydrogen) atoms. The van der Waals surface area contributed by atoms with E-state index in [2.05, 4.69) is 20.1 Å². The van der Waals surface area contributed by atoms with Gasteiger partial charge in [-0.05, 0) is 73.5 Å². The van der Waals surface area contributed by atoms with Gasteiger partial charge in [-0.1, -0.05) is 6.07 Å². The number of halogens is 4. The zero-order valence-electron chi connectivity index (χ0n) is 23.4. The molecule has 0 radical (unpaired) electrons. The van der Waals surface area contributed by atoms with E-state index in [1.807, 2.05) is 0 Å². The lowest BCUT2D eigenvalue weighted by molar-refractivity contribution is 0.107. The first-order chi connectivity index (χ1) is 20.8. The summed E-state index contributed by atoms with van der Waals surface area (Å²) in [5, 5.41) is 14.6. The van der Waals surface area contributed by atoms with Crippen molar-refractivity contribution < 1.29 is 27.4 Å². The fourth-order valence-corrected chi connectivity index (χ4v) is 7.83. The van der Waals surface area contributed by atoms with E-state index >= 15 is 8.78 Å². The van der Waals surface area contributed by atoms with E-state index in [0.717, 1.165) is 38.3 Å². The highest BCUT2D eigenvalue weighted by Crippen LogP contribution is 2.42. The number of nitrogens with zero attached hydrogens (tertiary/aromatic N) is 4. The van der Waals surface area contributed by atoms with Crippen molar-refractivity contribution in [2.24, 2.45) is 0 Å². The van der Waals surface area contributed by atoms with Gasteiger partial charge in [-0.25, -0.2) is 17.6 Å². The highest BCUT2D eigenvalue weighted by atomic mass is 19.2. The highest BCUT2D eigenvalue weighted by molar-refractivity contribution is 6.01. The second-order valence-electron chi connectivity index (χ2n) is 12.5.